The quantitative estimate of drug-likeness (QED) is 0.729. The normalized spacial score (nSPS) is 10.1. The molecule has 2 aromatic rings. The Kier molecular flexibility index (Phi) is 4.10. The third kappa shape index (κ3) is 3.00. The van der Waals surface area contributed by atoms with Crippen LogP contribution in [0.4, 0.5) is 17.1 Å². The zero-order valence-corrected chi connectivity index (χ0v) is 11.2. The predicted octanol–water partition coefficient (Wildman–Crippen LogP) is 2.51. The summed E-state index contributed by atoms with van der Waals surface area (Å²) >= 11 is 0. The first kappa shape index (κ1) is 13.7. The van der Waals surface area contributed by atoms with Crippen LogP contribution in [-0.2, 0) is 0 Å². The van der Waals surface area contributed by atoms with Gasteiger partial charge in [0.15, 0.2) is 0 Å². The highest BCUT2D eigenvalue weighted by molar-refractivity contribution is 6.00. The van der Waals surface area contributed by atoms with Crippen molar-refractivity contribution in [2.75, 3.05) is 17.7 Å². The molecule has 0 bridgehead atoms. The average Bonchev–Trinajstić information content (AvgIpc) is 2.43. The van der Waals surface area contributed by atoms with Gasteiger partial charge in [0, 0.05) is 5.69 Å². The maximum absolute atomic E-state index is 11.5. The van der Waals surface area contributed by atoms with Gasteiger partial charge in [0.2, 0.25) is 0 Å². The number of para-hydroxylation sites is 2. The molecule has 5 nitrogen and oxygen atoms in total. The Balaban J connectivity index is 2.37. The molecule has 0 aliphatic rings. The highest BCUT2D eigenvalue weighted by atomic mass is 16.5. The smallest absolute Gasteiger partial charge is 0.250 e. The van der Waals surface area contributed by atoms with Crippen LogP contribution in [0, 0.1) is 0 Å². The van der Waals surface area contributed by atoms with E-state index in [1.807, 2.05) is 31.2 Å². The summed E-state index contributed by atoms with van der Waals surface area (Å²) in [5.74, 6) is 0.177. The van der Waals surface area contributed by atoms with Crippen LogP contribution in [0.25, 0.3) is 0 Å². The van der Waals surface area contributed by atoms with E-state index in [0.29, 0.717) is 29.3 Å². The van der Waals surface area contributed by atoms with Crippen LogP contribution in [0.1, 0.15) is 17.3 Å². The summed E-state index contributed by atoms with van der Waals surface area (Å²) in [6, 6.07) is 12.5. The number of hydrogen-bond donors (Lipinski definition) is 3. The Hall–Kier alpha value is -2.69. The second kappa shape index (κ2) is 5.97. The summed E-state index contributed by atoms with van der Waals surface area (Å²) in [5, 5.41) is 3.15. The summed E-state index contributed by atoms with van der Waals surface area (Å²) < 4.78 is 5.53. The molecule has 0 heterocycles. The lowest BCUT2D eigenvalue weighted by Crippen LogP contribution is -2.14. The topological polar surface area (TPSA) is 90.4 Å². The van der Waals surface area contributed by atoms with E-state index in [1.165, 1.54) is 0 Å². The molecule has 0 spiro atoms. The molecule has 0 atom stereocenters. The summed E-state index contributed by atoms with van der Waals surface area (Å²) in [4.78, 5) is 11.5. The number of nitrogens with two attached hydrogens (primary N) is 2. The van der Waals surface area contributed by atoms with E-state index in [9.17, 15) is 4.79 Å². The van der Waals surface area contributed by atoms with E-state index >= 15 is 0 Å². The third-order valence-corrected chi connectivity index (χ3v) is 2.77. The molecule has 1 amide bonds. The van der Waals surface area contributed by atoms with Gasteiger partial charge in [-0.1, -0.05) is 12.1 Å². The molecule has 5 heteroatoms. The Labute approximate surface area is 117 Å². The minimum absolute atomic E-state index is 0.344. The van der Waals surface area contributed by atoms with E-state index in [-0.39, 0.29) is 0 Å². The zero-order chi connectivity index (χ0) is 14.5. The molecule has 104 valence electrons. The second-order valence-corrected chi connectivity index (χ2v) is 4.22. The van der Waals surface area contributed by atoms with Gasteiger partial charge < -0.3 is 21.5 Å². The maximum atomic E-state index is 11.5. The number of benzene rings is 2. The van der Waals surface area contributed by atoms with E-state index in [1.54, 1.807) is 18.2 Å². The Morgan fingerprint density at radius 2 is 1.95 bits per heavy atom. The molecule has 0 unspecified atom stereocenters. The van der Waals surface area contributed by atoms with Gasteiger partial charge in [0.25, 0.3) is 5.91 Å². The molecule has 0 aliphatic carbocycles. The van der Waals surface area contributed by atoms with Crippen molar-refractivity contribution in [3.8, 4) is 5.75 Å². The van der Waals surface area contributed by atoms with E-state index in [0.717, 1.165) is 5.69 Å². The minimum Gasteiger partial charge on any atom is -0.492 e. The van der Waals surface area contributed by atoms with Crippen LogP contribution in [0.3, 0.4) is 0 Å². The van der Waals surface area contributed by atoms with Crippen molar-refractivity contribution in [3.05, 3.63) is 48.0 Å². The van der Waals surface area contributed by atoms with Gasteiger partial charge in [0.05, 0.1) is 23.5 Å². The fourth-order valence-electron chi connectivity index (χ4n) is 1.87. The van der Waals surface area contributed by atoms with Crippen molar-refractivity contribution in [3.63, 3.8) is 0 Å². The van der Waals surface area contributed by atoms with Gasteiger partial charge in [0.1, 0.15) is 5.75 Å². The fraction of sp³-hybridized carbons (Fsp3) is 0.133. The molecular formula is C15H17N3O2. The summed E-state index contributed by atoms with van der Waals surface area (Å²) in [5.41, 5.74) is 13.2. The van der Waals surface area contributed by atoms with Gasteiger partial charge in [-0.15, -0.1) is 0 Å². The average molecular weight is 271 g/mol. The van der Waals surface area contributed by atoms with Crippen molar-refractivity contribution in [1.29, 1.82) is 0 Å². The second-order valence-electron chi connectivity index (χ2n) is 4.22. The van der Waals surface area contributed by atoms with Crippen LogP contribution in [0.5, 0.6) is 5.75 Å². The minimum atomic E-state index is -0.534. The standard InChI is InChI=1S/C15H17N3O2/c1-2-20-14-6-4-3-5-13(14)18-12-8-7-10(16)9-11(12)15(17)19/h3-9,18H,2,16H2,1H3,(H2,17,19). The Morgan fingerprint density at radius 1 is 1.20 bits per heavy atom. The zero-order valence-electron chi connectivity index (χ0n) is 11.2. The van der Waals surface area contributed by atoms with Crippen LogP contribution >= 0.6 is 0 Å². The van der Waals surface area contributed by atoms with E-state index in [2.05, 4.69) is 5.32 Å². The lowest BCUT2D eigenvalue weighted by Gasteiger charge is -2.14. The van der Waals surface area contributed by atoms with Crippen LogP contribution in [0.15, 0.2) is 42.5 Å². The Morgan fingerprint density at radius 3 is 2.65 bits per heavy atom. The van der Waals surface area contributed by atoms with Crippen molar-refractivity contribution >= 4 is 23.0 Å². The molecule has 20 heavy (non-hydrogen) atoms. The molecule has 2 aromatic carbocycles. The first-order chi connectivity index (χ1) is 9.61. The number of carbonyl (C=O) groups excluding carboxylic acids is 1. The number of nitrogen functional groups attached to an aromatic ring is 1. The van der Waals surface area contributed by atoms with Crippen LogP contribution in [-0.4, -0.2) is 12.5 Å². The number of amides is 1. The number of nitrogens with one attached hydrogen (secondary N) is 1. The van der Waals surface area contributed by atoms with E-state index in [4.69, 9.17) is 16.2 Å². The highest BCUT2D eigenvalue weighted by Gasteiger charge is 2.10. The fourth-order valence-corrected chi connectivity index (χ4v) is 1.87. The lowest BCUT2D eigenvalue weighted by molar-refractivity contribution is 0.100. The van der Waals surface area contributed by atoms with Gasteiger partial charge in [-0.3, -0.25) is 4.79 Å². The van der Waals surface area contributed by atoms with Crippen LogP contribution in [0.2, 0.25) is 0 Å². The number of carbonyl (C=O) groups is 1. The molecule has 5 N–H and O–H groups in total. The monoisotopic (exact) mass is 271 g/mol. The highest BCUT2D eigenvalue weighted by Crippen LogP contribution is 2.29. The lowest BCUT2D eigenvalue weighted by atomic mass is 10.1. The number of anilines is 3. The van der Waals surface area contributed by atoms with Crippen LogP contribution < -0.4 is 21.5 Å². The number of hydrogen-bond acceptors (Lipinski definition) is 4. The maximum Gasteiger partial charge on any atom is 0.250 e. The molecule has 2 rings (SSSR count). The van der Waals surface area contributed by atoms with Crippen molar-refractivity contribution in [1.82, 2.24) is 0 Å². The number of primary amides is 1. The first-order valence-electron chi connectivity index (χ1n) is 6.30. The molecule has 0 aliphatic heterocycles. The third-order valence-electron chi connectivity index (χ3n) is 2.77. The predicted molar refractivity (Wildman–Crippen MR) is 80.3 cm³/mol. The molecule has 0 saturated heterocycles. The van der Waals surface area contributed by atoms with Gasteiger partial charge in [-0.05, 0) is 37.3 Å². The summed E-state index contributed by atoms with van der Waals surface area (Å²) in [6.45, 7) is 2.47. The van der Waals surface area contributed by atoms with E-state index < -0.39 is 5.91 Å². The summed E-state index contributed by atoms with van der Waals surface area (Å²) in [6.07, 6.45) is 0. The first-order valence-corrected chi connectivity index (χ1v) is 6.30. The number of ether oxygens (including phenoxy) is 1. The SMILES string of the molecule is CCOc1ccccc1Nc1ccc(N)cc1C(N)=O. The largest absolute Gasteiger partial charge is 0.492 e. The van der Waals surface area contributed by atoms with Gasteiger partial charge in [-0.2, -0.15) is 0 Å². The van der Waals surface area contributed by atoms with Crippen molar-refractivity contribution in [2.24, 2.45) is 5.73 Å². The molecule has 0 radical (unpaired) electrons. The van der Waals surface area contributed by atoms with Gasteiger partial charge in [-0.25, -0.2) is 0 Å². The molecule has 0 fully saturated rings. The number of rotatable bonds is 5. The Bertz CT molecular complexity index is 626. The summed E-state index contributed by atoms with van der Waals surface area (Å²) in [7, 11) is 0. The molecular weight excluding hydrogens is 254 g/mol. The van der Waals surface area contributed by atoms with Gasteiger partial charge >= 0.3 is 0 Å². The van der Waals surface area contributed by atoms with Crippen molar-refractivity contribution in [2.45, 2.75) is 6.92 Å². The van der Waals surface area contributed by atoms with Crippen molar-refractivity contribution < 1.29 is 9.53 Å². The molecule has 0 saturated carbocycles. The molecule has 0 aromatic heterocycles.